The Kier molecular flexibility index (Phi) is 3.25. The van der Waals surface area contributed by atoms with Crippen LogP contribution in [0, 0.1) is 11.6 Å². The molecule has 2 aromatic rings. The van der Waals surface area contributed by atoms with Crippen LogP contribution in [0.5, 0.6) is 0 Å². The number of hydrogen-bond acceptors (Lipinski definition) is 3. The first-order valence-electron chi connectivity index (χ1n) is 4.25. The summed E-state index contributed by atoms with van der Waals surface area (Å²) < 4.78 is 29.4. The lowest BCUT2D eigenvalue weighted by Crippen LogP contribution is -2.00. The number of nitrogens with zero attached hydrogens (tertiary/aromatic N) is 2. The minimum atomic E-state index is -1.94. The lowest BCUT2D eigenvalue weighted by atomic mass is 10.2. The maximum atomic E-state index is 13.4. The Morgan fingerprint density at radius 3 is 2.18 bits per heavy atom. The van der Waals surface area contributed by atoms with E-state index in [1.54, 1.807) is 0 Å². The van der Waals surface area contributed by atoms with Gasteiger partial charge in [0.25, 0.3) is 9.68 Å². The molecule has 90 valence electrons. The highest BCUT2D eigenvalue weighted by Gasteiger charge is 2.31. The summed E-state index contributed by atoms with van der Waals surface area (Å²) in [5, 5.41) is 3.36. The highest BCUT2D eigenvalue weighted by molar-refractivity contribution is 6.66. The van der Waals surface area contributed by atoms with Gasteiger partial charge in [-0.05, 0) is 12.1 Å². The average Bonchev–Trinajstić information content (AvgIpc) is 2.65. The van der Waals surface area contributed by atoms with Crippen LogP contribution in [0.3, 0.4) is 0 Å². The van der Waals surface area contributed by atoms with Crippen molar-refractivity contribution in [3.05, 3.63) is 35.7 Å². The van der Waals surface area contributed by atoms with Gasteiger partial charge in [-0.25, -0.2) is 8.78 Å². The second kappa shape index (κ2) is 4.40. The van der Waals surface area contributed by atoms with Gasteiger partial charge >= 0.3 is 0 Å². The molecule has 0 aliphatic carbocycles. The summed E-state index contributed by atoms with van der Waals surface area (Å²) in [4.78, 5) is 3.62. The van der Waals surface area contributed by atoms with E-state index in [1.165, 1.54) is 6.07 Å². The Bertz CT molecular complexity index is 533. The molecule has 0 aliphatic heterocycles. The first-order chi connectivity index (χ1) is 7.89. The van der Waals surface area contributed by atoms with Crippen molar-refractivity contribution in [2.45, 2.75) is 3.79 Å². The molecular formula is C9H3Cl3F2N2O. The van der Waals surface area contributed by atoms with Crippen molar-refractivity contribution >= 4 is 34.8 Å². The normalized spacial score (nSPS) is 11.8. The number of hydrogen-bond donors (Lipinski definition) is 0. The summed E-state index contributed by atoms with van der Waals surface area (Å²) in [6.07, 6.45) is 0. The molecule has 3 nitrogen and oxygen atoms in total. The van der Waals surface area contributed by atoms with E-state index < -0.39 is 21.0 Å². The monoisotopic (exact) mass is 298 g/mol. The van der Waals surface area contributed by atoms with Crippen LogP contribution in [0.1, 0.15) is 5.89 Å². The second-order valence-corrected chi connectivity index (χ2v) is 5.30. The highest BCUT2D eigenvalue weighted by Crippen LogP contribution is 2.38. The molecule has 8 heteroatoms. The summed E-state index contributed by atoms with van der Waals surface area (Å²) in [6.45, 7) is 0. The summed E-state index contributed by atoms with van der Waals surface area (Å²) in [6, 6.07) is 3.33. The van der Waals surface area contributed by atoms with Crippen LogP contribution in [-0.2, 0) is 3.79 Å². The van der Waals surface area contributed by atoms with E-state index in [1.807, 2.05) is 0 Å². The summed E-state index contributed by atoms with van der Waals surface area (Å²) in [5.74, 6) is -2.34. The first-order valence-corrected chi connectivity index (χ1v) is 5.38. The number of rotatable bonds is 1. The van der Waals surface area contributed by atoms with Crippen LogP contribution in [0.15, 0.2) is 22.7 Å². The standard InChI is InChI=1S/C9H3Cl3F2N2O/c10-9(11,12)8-15-7(16-17-8)6-4(13)2-1-3-5(6)14/h1-3H. The molecule has 17 heavy (non-hydrogen) atoms. The molecule has 0 unspecified atom stereocenters. The SMILES string of the molecule is Fc1cccc(F)c1-c1noc(C(Cl)(Cl)Cl)n1. The Morgan fingerprint density at radius 2 is 1.71 bits per heavy atom. The van der Waals surface area contributed by atoms with E-state index in [0.29, 0.717) is 0 Å². The minimum Gasteiger partial charge on any atom is -0.334 e. The third-order valence-corrected chi connectivity index (χ3v) is 2.34. The van der Waals surface area contributed by atoms with Crippen LogP contribution < -0.4 is 0 Å². The molecule has 0 fully saturated rings. The Labute approximate surface area is 109 Å². The van der Waals surface area contributed by atoms with E-state index in [0.717, 1.165) is 12.1 Å². The third kappa shape index (κ3) is 2.51. The molecule has 0 radical (unpaired) electrons. The Balaban J connectivity index is 2.51. The molecule has 0 aliphatic rings. The van der Waals surface area contributed by atoms with Gasteiger partial charge in [-0.15, -0.1) is 0 Å². The molecule has 0 atom stereocenters. The van der Waals surface area contributed by atoms with Gasteiger partial charge in [0, 0.05) is 0 Å². The zero-order chi connectivity index (χ0) is 12.6. The van der Waals surface area contributed by atoms with E-state index in [-0.39, 0.29) is 11.7 Å². The van der Waals surface area contributed by atoms with E-state index in [9.17, 15) is 8.78 Å². The molecule has 1 aromatic carbocycles. The van der Waals surface area contributed by atoms with Gasteiger partial charge in [0.15, 0.2) is 0 Å². The Hall–Kier alpha value is -0.910. The molecule has 0 saturated carbocycles. The number of aromatic nitrogens is 2. The van der Waals surface area contributed by atoms with E-state index in [2.05, 4.69) is 14.7 Å². The largest absolute Gasteiger partial charge is 0.334 e. The highest BCUT2D eigenvalue weighted by atomic mass is 35.6. The molecule has 0 bridgehead atoms. The van der Waals surface area contributed by atoms with Gasteiger partial charge in [0.05, 0.1) is 5.56 Å². The molecule has 0 saturated heterocycles. The quantitative estimate of drug-likeness (QED) is 0.751. The summed E-state index contributed by atoms with van der Waals surface area (Å²) >= 11 is 16.5. The average molecular weight is 299 g/mol. The van der Waals surface area contributed by atoms with Crippen molar-refractivity contribution in [1.29, 1.82) is 0 Å². The number of benzene rings is 1. The second-order valence-electron chi connectivity index (χ2n) is 3.02. The van der Waals surface area contributed by atoms with E-state index in [4.69, 9.17) is 34.8 Å². The molecule has 0 spiro atoms. The number of alkyl halides is 3. The van der Waals surface area contributed by atoms with Crippen molar-refractivity contribution < 1.29 is 13.3 Å². The fraction of sp³-hybridized carbons (Fsp3) is 0.111. The van der Waals surface area contributed by atoms with Crippen LogP contribution >= 0.6 is 34.8 Å². The zero-order valence-corrected chi connectivity index (χ0v) is 10.2. The van der Waals surface area contributed by atoms with Gasteiger partial charge in [-0.3, -0.25) is 0 Å². The predicted molar refractivity (Wildman–Crippen MR) is 58.9 cm³/mol. The molecule has 1 aromatic heterocycles. The predicted octanol–water partition coefficient (Wildman–Crippen LogP) is 3.84. The van der Waals surface area contributed by atoms with Crippen LogP contribution in [0.2, 0.25) is 0 Å². The number of halogens is 5. The molecular weight excluding hydrogens is 296 g/mol. The minimum absolute atomic E-state index is 0.318. The summed E-state index contributed by atoms with van der Waals surface area (Å²) in [5.41, 5.74) is -0.434. The van der Waals surface area contributed by atoms with Crippen LogP contribution in [-0.4, -0.2) is 10.1 Å². The summed E-state index contributed by atoms with van der Waals surface area (Å²) in [7, 11) is 0. The van der Waals surface area contributed by atoms with Gasteiger partial charge in [-0.1, -0.05) is 46.0 Å². The van der Waals surface area contributed by atoms with Crippen molar-refractivity contribution in [1.82, 2.24) is 10.1 Å². The molecule has 0 amide bonds. The molecule has 0 N–H and O–H groups in total. The Morgan fingerprint density at radius 1 is 1.12 bits per heavy atom. The van der Waals surface area contributed by atoms with Crippen LogP contribution in [0.25, 0.3) is 11.4 Å². The van der Waals surface area contributed by atoms with Crippen molar-refractivity contribution in [3.63, 3.8) is 0 Å². The molecule has 2 rings (SSSR count). The lowest BCUT2D eigenvalue weighted by Gasteiger charge is -2.01. The van der Waals surface area contributed by atoms with Crippen molar-refractivity contribution in [2.24, 2.45) is 0 Å². The van der Waals surface area contributed by atoms with Gasteiger partial charge in [-0.2, -0.15) is 4.98 Å². The smallest absolute Gasteiger partial charge is 0.279 e. The zero-order valence-electron chi connectivity index (χ0n) is 7.92. The van der Waals surface area contributed by atoms with Crippen LogP contribution in [0.4, 0.5) is 8.78 Å². The third-order valence-electron chi connectivity index (χ3n) is 1.85. The maximum Gasteiger partial charge on any atom is 0.279 e. The topological polar surface area (TPSA) is 38.9 Å². The van der Waals surface area contributed by atoms with Gasteiger partial charge in [0.2, 0.25) is 5.82 Å². The van der Waals surface area contributed by atoms with E-state index >= 15 is 0 Å². The fourth-order valence-electron chi connectivity index (χ4n) is 1.15. The van der Waals surface area contributed by atoms with Gasteiger partial charge < -0.3 is 4.52 Å². The molecule has 1 heterocycles. The maximum absolute atomic E-state index is 13.4. The first kappa shape index (κ1) is 12.5. The van der Waals surface area contributed by atoms with Gasteiger partial charge in [0.1, 0.15) is 11.6 Å². The van der Waals surface area contributed by atoms with Crippen molar-refractivity contribution in [3.8, 4) is 11.4 Å². The lowest BCUT2D eigenvalue weighted by molar-refractivity contribution is 0.382. The van der Waals surface area contributed by atoms with Crippen molar-refractivity contribution in [2.75, 3.05) is 0 Å². The fourth-order valence-corrected chi connectivity index (χ4v) is 1.38.